The summed E-state index contributed by atoms with van der Waals surface area (Å²) in [5.41, 5.74) is 1.92. The van der Waals surface area contributed by atoms with Gasteiger partial charge in [0.2, 0.25) is 0 Å². The Bertz CT molecular complexity index is 686. The van der Waals surface area contributed by atoms with Crippen LogP contribution in [-0.4, -0.2) is 26.7 Å². The maximum absolute atomic E-state index is 12.6. The summed E-state index contributed by atoms with van der Waals surface area (Å²) in [6.45, 7) is 0.648. The SMILES string of the molecule is COc1cc(OC)cc(C(=O)NCC2(c3ccccc3)CCC2)c1. The second-order valence-corrected chi connectivity index (χ2v) is 6.28. The molecule has 0 aromatic heterocycles. The van der Waals surface area contributed by atoms with Crippen LogP contribution >= 0.6 is 0 Å². The zero-order valence-corrected chi connectivity index (χ0v) is 14.2. The van der Waals surface area contributed by atoms with Gasteiger partial charge in [0, 0.05) is 23.6 Å². The molecule has 3 rings (SSSR count). The van der Waals surface area contributed by atoms with Crippen LogP contribution in [0, 0.1) is 0 Å². The highest BCUT2D eigenvalue weighted by atomic mass is 16.5. The summed E-state index contributed by atoms with van der Waals surface area (Å²) in [6, 6.07) is 15.7. The molecule has 0 radical (unpaired) electrons. The molecule has 0 bridgehead atoms. The molecule has 0 unspecified atom stereocenters. The summed E-state index contributed by atoms with van der Waals surface area (Å²) >= 11 is 0. The molecule has 1 aliphatic rings. The summed E-state index contributed by atoms with van der Waals surface area (Å²) in [5.74, 6) is 1.12. The minimum Gasteiger partial charge on any atom is -0.497 e. The maximum Gasteiger partial charge on any atom is 0.251 e. The van der Waals surface area contributed by atoms with Crippen molar-refractivity contribution in [3.63, 3.8) is 0 Å². The van der Waals surface area contributed by atoms with Gasteiger partial charge in [-0.15, -0.1) is 0 Å². The average Bonchev–Trinajstić information content (AvgIpc) is 2.61. The van der Waals surface area contributed by atoms with Crippen molar-refractivity contribution in [2.24, 2.45) is 0 Å². The van der Waals surface area contributed by atoms with Gasteiger partial charge in [-0.25, -0.2) is 0 Å². The number of hydrogen-bond donors (Lipinski definition) is 1. The Labute approximate surface area is 142 Å². The third-order valence-corrected chi connectivity index (χ3v) is 4.90. The van der Waals surface area contributed by atoms with E-state index in [1.54, 1.807) is 32.4 Å². The van der Waals surface area contributed by atoms with E-state index in [2.05, 4.69) is 29.6 Å². The van der Waals surface area contributed by atoms with E-state index in [1.165, 1.54) is 12.0 Å². The molecule has 1 aliphatic carbocycles. The molecule has 0 spiro atoms. The van der Waals surface area contributed by atoms with Crippen LogP contribution in [0.5, 0.6) is 11.5 Å². The second-order valence-electron chi connectivity index (χ2n) is 6.28. The van der Waals surface area contributed by atoms with E-state index in [0.717, 1.165) is 12.8 Å². The summed E-state index contributed by atoms with van der Waals surface area (Å²) < 4.78 is 10.5. The van der Waals surface area contributed by atoms with Gasteiger partial charge in [-0.1, -0.05) is 36.8 Å². The van der Waals surface area contributed by atoms with Crippen LogP contribution in [0.2, 0.25) is 0 Å². The molecule has 1 saturated carbocycles. The fraction of sp³-hybridized carbons (Fsp3) is 0.350. The van der Waals surface area contributed by atoms with E-state index in [0.29, 0.717) is 23.6 Å². The highest BCUT2D eigenvalue weighted by Gasteiger charge is 2.38. The van der Waals surface area contributed by atoms with Gasteiger partial charge in [0.25, 0.3) is 5.91 Å². The topological polar surface area (TPSA) is 47.6 Å². The third-order valence-electron chi connectivity index (χ3n) is 4.90. The molecule has 2 aromatic carbocycles. The van der Waals surface area contributed by atoms with Crippen molar-refractivity contribution in [2.45, 2.75) is 24.7 Å². The number of methoxy groups -OCH3 is 2. The monoisotopic (exact) mass is 325 g/mol. The third kappa shape index (κ3) is 3.23. The lowest BCUT2D eigenvalue weighted by atomic mass is 9.64. The van der Waals surface area contributed by atoms with Crippen molar-refractivity contribution in [1.82, 2.24) is 5.32 Å². The normalized spacial score (nSPS) is 15.2. The molecule has 1 amide bonds. The molecule has 2 aromatic rings. The van der Waals surface area contributed by atoms with Crippen molar-refractivity contribution in [3.8, 4) is 11.5 Å². The molecular weight excluding hydrogens is 302 g/mol. The predicted molar refractivity (Wildman–Crippen MR) is 93.9 cm³/mol. The van der Waals surface area contributed by atoms with Crippen molar-refractivity contribution in [1.29, 1.82) is 0 Å². The lowest BCUT2D eigenvalue weighted by Crippen LogP contribution is -2.45. The fourth-order valence-corrected chi connectivity index (χ4v) is 3.25. The fourth-order valence-electron chi connectivity index (χ4n) is 3.25. The Balaban J connectivity index is 1.73. The second kappa shape index (κ2) is 6.95. The van der Waals surface area contributed by atoms with Gasteiger partial charge < -0.3 is 14.8 Å². The molecule has 1 N–H and O–H groups in total. The molecule has 4 nitrogen and oxygen atoms in total. The Morgan fingerprint density at radius 3 is 2.17 bits per heavy atom. The van der Waals surface area contributed by atoms with Gasteiger partial charge in [0.05, 0.1) is 14.2 Å². The van der Waals surface area contributed by atoms with Gasteiger partial charge >= 0.3 is 0 Å². The van der Waals surface area contributed by atoms with Crippen molar-refractivity contribution in [2.75, 3.05) is 20.8 Å². The quantitative estimate of drug-likeness (QED) is 0.883. The largest absolute Gasteiger partial charge is 0.497 e. The summed E-state index contributed by atoms with van der Waals surface area (Å²) in [7, 11) is 3.16. The Hall–Kier alpha value is -2.49. The minimum atomic E-state index is -0.102. The molecule has 0 atom stereocenters. The smallest absolute Gasteiger partial charge is 0.251 e. The van der Waals surface area contributed by atoms with Crippen LogP contribution in [0.4, 0.5) is 0 Å². The van der Waals surface area contributed by atoms with Crippen LogP contribution in [0.3, 0.4) is 0 Å². The van der Waals surface area contributed by atoms with Crippen LogP contribution in [0.1, 0.15) is 35.2 Å². The average molecular weight is 325 g/mol. The number of carbonyl (C=O) groups excluding carboxylic acids is 1. The summed E-state index contributed by atoms with van der Waals surface area (Å²) in [5, 5.41) is 3.09. The molecule has 1 fully saturated rings. The number of nitrogens with one attached hydrogen (secondary N) is 1. The minimum absolute atomic E-state index is 0.0693. The van der Waals surface area contributed by atoms with Crippen LogP contribution in [0.15, 0.2) is 48.5 Å². The molecule has 0 heterocycles. The maximum atomic E-state index is 12.6. The summed E-state index contributed by atoms with van der Waals surface area (Å²) in [4.78, 5) is 12.6. The first kappa shape index (κ1) is 16.4. The van der Waals surface area contributed by atoms with Gasteiger partial charge in [0.15, 0.2) is 0 Å². The zero-order valence-electron chi connectivity index (χ0n) is 14.2. The first-order valence-corrected chi connectivity index (χ1v) is 8.24. The van der Waals surface area contributed by atoms with E-state index in [-0.39, 0.29) is 11.3 Å². The van der Waals surface area contributed by atoms with E-state index >= 15 is 0 Å². The van der Waals surface area contributed by atoms with Crippen LogP contribution in [0.25, 0.3) is 0 Å². The zero-order chi connectivity index (χ0) is 17.0. The van der Waals surface area contributed by atoms with Gasteiger partial charge in [-0.3, -0.25) is 4.79 Å². The summed E-state index contributed by atoms with van der Waals surface area (Å²) in [6.07, 6.45) is 3.43. The van der Waals surface area contributed by atoms with Crippen molar-refractivity contribution < 1.29 is 14.3 Å². The molecular formula is C20H23NO3. The number of amides is 1. The number of rotatable bonds is 6. The van der Waals surface area contributed by atoms with Gasteiger partial charge in [-0.05, 0) is 30.5 Å². The van der Waals surface area contributed by atoms with Crippen molar-refractivity contribution in [3.05, 3.63) is 59.7 Å². The predicted octanol–water partition coefficient (Wildman–Crippen LogP) is 3.56. The first-order valence-electron chi connectivity index (χ1n) is 8.24. The number of carbonyl (C=O) groups is 1. The molecule has 126 valence electrons. The number of benzene rings is 2. The van der Waals surface area contributed by atoms with Crippen LogP contribution < -0.4 is 14.8 Å². The van der Waals surface area contributed by atoms with Crippen LogP contribution in [-0.2, 0) is 5.41 Å². The van der Waals surface area contributed by atoms with Crippen molar-refractivity contribution >= 4 is 5.91 Å². The first-order chi connectivity index (χ1) is 11.7. The standard InChI is InChI=1S/C20H23NO3/c1-23-17-11-15(12-18(13-17)24-2)19(22)21-14-20(9-6-10-20)16-7-4-3-5-8-16/h3-5,7-8,11-13H,6,9-10,14H2,1-2H3,(H,21,22). The Morgan fingerprint density at radius 2 is 1.67 bits per heavy atom. The van der Waals surface area contributed by atoms with E-state index in [1.807, 2.05) is 6.07 Å². The molecule has 4 heteroatoms. The Morgan fingerprint density at radius 1 is 1.04 bits per heavy atom. The van der Waals surface area contributed by atoms with E-state index < -0.39 is 0 Å². The number of hydrogen-bond acceptors (Lipinski definition) is 3. The Kier molecular flexibility index (Phi) is 4.74. The highest BCUT2D eigenvalue weighted by Crippen LogP contribution is 2.43. The van der Waals surface area contributed by atoms with E-state index in [9.17, 15) is 4.79 Å². The lowest BCUT2D eigenvalue weighted by molar-refractivity contribution is 0.0927. The molecule has 0 saturated heterocycles. The molecule has 0 aliphatic heterocycles. The highest BCUT2D eigenvalue weighted by molar-refractivity contribution is 5.95. The van der Waals surface area contributed by atoms with Gasteiger partial charge in [0.1, 0.15) is 11.5 Å². The number of ether oxygens (including phenoxy) is 2. The lowest BCUT2D eigenvalue weighted by Gasteiger charge is -2.42. The van der Waals surface area contributed by atoms with E-state index in [4.69, 9.17) is 9.47 Å². The van der Waals surface area contributed by atoms with Gasteiger partial charge in [-0.2, -0.15) is 0 Å². The molecule has 24 heavy (non-hydrogen) atoms.